The second kappa shape index (κ2) is 9.24. The van der Waals surface area contributed by atoms with E-state index in [2.05, 4.69) is 22.5 Å². The molecule has 0 fully saturated rings. The van der Waals surface area contributed by atoms with E-state index in [4.69, 9.17) is 12.2 Å². The molecule has 5 heteroatoms. The molecule has 17 heavy (non-hydrogen) atoms. The molecule has 1 aromatic rings. The third kappa shape index (κ3) is 7.18. The molecule has 0 aliphatic rings. The standard InChI is InChI=1S/C12H19N3S2/c1-2-5-14-12(16)15-8-9-17-10-11-3-6-13-7-4-11/h3-4,6-7H,2,5,8-10H2,1H3,(H2,14,15,16). The Morgan fingerprint density at radius 1 is 1.29 bits per heavy atom. The predicted molar refractivity (Wildman–Crippen MR) is 79.3 cm³/mol. The van der Waals surface area contributed by atoms with Crippen molar-refractivity contribution in [3.8, 4) is 0 Å². The number of thioether (sulfide) groups is 1. The molecule has 0 atom stereocenters. The van der Waals surface area contributed by atoms with E-state index in [-0.39, 0.29) is 0 Å². The summed E-state index contributed by atoms with van der Waals surface area (Å²) in [7, 11) is 0. The van der Waals surface area contributed by atoms with E-state index in [0.717, 1.165) is 36.1 Å². The minimum atomic E-state index is 0.761. The van der Waals surface area contributed by atoms with Gasteiger partial charge in [-0.2, -0.15) is 11.8 Å². The summed E-state index contributed by atoms with van der Waals surface area (Å²) < 4.78 is 0. The molecule has 2 N–H and O–H groups in total. The Bertz CT molecular complexity index is 317. The number of hydrogen-bond acceptors (Lipinski definition) is 3. The molecule has 1 rings (SSSR count). The first-order valence-electron chi connectivity index (χ1n) is 5.81. The van der Waals surface area contributed by atoms with Gasteiger partial charge in [0.1, 0.15) is 0 Å². The molecule has 0 aliphatic heterocycles. The zero-order chi connectivity index (χ0) is 12.3. The fraction of sp³-hybridized carbons (Fsp3) is 0.500. The van der Waals surface area contributed by atoms with Crippen molar-refractivity contribution in [2.45, 2.75) is 19.1 Å². The van der Waals surface area contributed by atoms with E-state index >= 15 is 0 Å². The SMILES string of the molecule is CCCNC(=S)NCCSCc1ccncc1. The minimum absolute atomic E-state index is 0.761. The first-order chi connectivity index (χ1) is 8.33. The van der Waals surface area contributed by atoms with Crippen molar-refractivity contribution in [2.24, 2.45) is 0 Å². The zero-order valence-electron chi connectivity index (χ0n) is 10.1. The van der Waals surface area contributed by atoms with Gasteiger partial charge < -0.3 is 10.6 Å². The Morgan fingerprint density at radius 3 is 2.71 bits per heavy atom. The van der Waals surface area contributed by atoms with Crippen molar-refractivity contribution in [1.82, 2.24) is 15.6 Å². The van der Waals surface area contributed by atoms with Gasteiger partial charge in [0.15, 0.2) is 5.11 Å². The Balaban J connectivity index is 1.99. The Kier molecular flexibility index (Phi) is 7.75. The lowest BCUT2D eigenvalue weighted by Crippen LogP contribution is -2.36. The normalized spacial score (nSPS) is 9.94. The van der Waals surface area contributed by atoms with Crippen LogP contribution in [0, 0.1) is 0 Å². The monoisotopic (exact) mass is 269 g/mol. The lowest BCUT2D eigenvalue weighted by molar-refractivity contribution is 0.813. The van der Waals surface area contributed by atoms with Gasteiger partial charge in [0.2, 0.25) is 0 Å². The Labute approximate surface area is 113 Å². The van der Waals surface area contributed by atoms with Gasteiger partial charge in [-0.15, -0.1) is 0 Å². The van der Waals surface area contributed by atoms with Crippen molar-refractivity contribution in [3.63, 3.8) is 0 Å². The van der Waals surface area contributed by atoms with E-state index < -0.39 is 0 Å². The fourth-order valence-corrected chi connectivity index (χ4v) is 2.23. The van der Waals surface area contributed by atoms with Gasteiger partial charge in [0.05, 0.1) is 0 Å². The molecular formula is C12H19N3S2. The molecule has 0 radical (unpaired) electrons. The van der Waals surface area contributed by atoms with Crippen LogP contribution in [0.5, 0.6) is 0 Å². The van der Waals surface area contributed by atoms with Gasteiger partial charge in [-0.1, -0.05) is 6.92 Å². The zero-order valence-corrected chi connectivity index (χ0v) is 11.7. The van der Waals surface area contributed by atoms with Crippen LogP contribution in [0.1, 0.15) is 18.9 Å². The smallest absolute Gasteiger partial charge is 0.166 e. The number of rotatable bonds is 7. The van der Waals surface area contributed by atoms with Crippen molar-refractivity contribution >= 4 is 29.1 Å². The molecule has 0 unspecified atom stereocenters. The highest BCUT2D eigenvalue weighted by molar-refractivity contribution is 7.98. The van der Waals surface area contributed by atoms with Crippen LogP contribution in [-0.2, 0) is 5.75 Å². The maximum atomic E-state index is 5.12. The summed E-state index contributed by atoms with van der Waals surface area (Å²) in [6.07, 6.45) is 4.76. The fourth-order valence-electron chi connectivity index (χ4n) is 1.21. The second-order valence-corrected chi connectivity index (χ2v) is 5.10. The van der Waals surface area contributed by atoms with Gasteiger partial charge in [-0.05, 0) is 36.3 Å². The van der Waals surface area contributed by atoms with Crippen molar-refractivity contribution < 1.29 is 0 Å². The minimum Gasteiger partial charge on any atom is -0.363 e. The van der Waals surface area contributed by atoms with Crippen LogP contribution in [0.4, 0.5) is 0 Å². The molecule has 94 valence electrons. The third-order valence-corrected chi connectivity index (χ3v) is 3.40. The van der Waals surface area contributed by atoms with Crippen molar-refractivity contribution in [1.29, 1.82) is 0 Å². The van der Waals surface area contributed by atoms with Gasteiger partial charge in [-0.3, -0.25) is 4.98 Å². The van der Waals surface area contributed by atoms with Gasteiger partial charge in [0.25, 0.3) is 0 Å². The van der Waals surface area contributed by atoms with Crippen LogP contribution >= 0.6 is 24.0 Å². The molecule has 0 amide bonds. The van der Waals surface area contributed by atoms with Crippen LogP contribution in [-0.4, -0.2) is 28.9 Å². The van der Waals surface area contributed by atoms with E-state index in [1.54, 1.807) is 0 Å². The lowest BCUT2D eigenvalue weighted by atomic mass is 10.3. The van der Waals surface area contributed by atoms with Gasteiger partial charge >= 0.3 is 0 Å². The topological polar surface area (TPSA) is 37.0 Å². The molecule has 1 heterocycles. The number of thiocarbonyl (C=S) groups is 1. The number of hydrogen-bond donors (Lipinski definition) is 2. The van der Waals surface area contributed by atoms with Crippen LogP contribution in [0.3, 0.4) is 0 Å². The summed E-state index contributed by atoms with van der Waals surface area (Å²) in [5.41, 5.74) is 1.32. The van der Waals surface area contributed by atoms with Crippen molar-refractivity contribution in [2.75, 3.05) is 18.8 Å². The highest BCUT2D eigenvalue weighted by atomic mass is 32.2. The van der Waals surface area contributed by atoms with E-state index in [1.165, 1.54) is 5.56 Å². The summed E-state index contributed by atoms with van der Waals surface area (Å²) >= 11 is 7.02. The van der Waals surface area contributed by atoms with E-state index in [1.807, 2.05) is 36.3 Å². The first-order valence-corrected chi connectivity index (χ1v) is 7.37. The van der Waals surface area contributed by atoms with E-state index in [0.29, 0.717) is 0 Å². The van der Waals surface area contributed by atoms with Crippen LogP contribution < -0.4 is 10.6 Å². The average Bonchev–Trinajstić information content (AvgIpc) is 2.37. The second-order valence-electron chi connectivity index (χ2n) is 3.59. The predicted octanol–water partition coefficient (Wildman–Crippen LogP) is 2.19. The van der Waals surface area contributed by atoms with Gasteiger partial charge in [0, 0.05) is 37.0 Å². The summed E-state index contributed by atoms with van der Waals surface area (Å²) in [5.74, 6) is 2.08. The maximum absolute atomic E-state index is 5.12. The lowest BCUT2D eigenvalue weighted by Gasteiger charge is -2.09. The average molecular weight is 269 g/mol. The Hall–Kier alpha value is -0.810. The molecule has 0 spiro atoms. The largest absolute Gasteiger partial charge is 0.363 e. The number of pyridine rings is 1. The molecule has 3 nitrogen and oxygen atoms in total. The number of nitrogens with one attached hydrogen (secondary N) is 2. The maximum Gasteiger partial charge on any atom is 0.166 e. The summed E-state index contributed by atoms with van der Waals surface area (Å²) in [6, 6.07) is 4.10. The molecule has 1 aromatic heterocycles. The number of nitrogens with zero attached hydrogens (tertiary/aromatic N) is 1. The third-order valence-electron chi connectivity index (χ3n) is 2.09. The Morgan fingerprint density at radius 2 is 2.00 bits per heavy atom. The van der Waals surface area contributed by atoms with Crippen LogP contribution in [0.15, 0.2) is 24.5 Å². The highest BCUT2D eigenvalue weighted by Gasteiger charge is 1.95. The number of aromatic nitrogens is 1. The molecule has 0 saturated heterocycles. The quantitative estimate of drug-likeness (QED) is 0.586. The first kappa shape index (κ1) is 14.3. The van der Waals surface area contributed by atoms with Crippen molar-refractivity contribution in [3.05, 3.63) is 30.1 Å². The van der Waals surface area contributed by atoms with Crippen LogP contribution in [0.2, 0.25) is 0 Å². The summed E-state index contributed by atoms with van der Waals surface area (Å²) in [6.45, 7) is 3.97. The molecule has 0 bridgehead atoms. The summed E-state index contributed by atoms with van der Waals surface area (Å²) in [5, 5.41) is 7.10. The highest BCUT2D eigenvalue weighted by Crippen LogP contribution is 2.09. The van der Waals surface area contributed by atoms with Crippen LogP contribution in [0.25, 0.3) is 0 Å². The molecule has 0 aliphatic carbocycles. The molecule has 0 aromatic carbocycles. The summed E-state index contributed by atoms with van der Waals surface area (Å²) in [4.78, 5) is 3.99. The molecule has 0 saturated carbocycles. The van der Waals surface area contributed by atoms with Gasteiger partial charge in [-0.25, -0.2) is 0 Å². The molecular weight excluding hydrogens is 250 g/mol. The van der Waals surface area contributed by atoms with E-state index in [9.17, 15) is 0 Å².